The van der Waals surface area contributed by atoms with Gasteiger partial charge in [0.1, 0.15) is 22.9 Å². The number of aromatic nitrogens is 2. The van der Waals surface area contributed by atoms with Crippen LogP contribution in [-0.2, 0) is 25.7 Å². The Kier molecular flexibility index (Phi) is 2.28. The highest BCUT2D eigenvalue weighted by atomic mass is 16.5. The summed E-state index contributed by atoms with van der Waals surface area (Å²) in [5.74, 6) is 2.12. The maximum Gasteiger partial charge on any atom is 0.140 e. The van der Waals surface area contributed by atoms with Gasteiger partial charge < -0.3 is 9.05 Å². The Morgan fingerprint density at radius 2 is 1.06 bits per heavy atom. The van der Waals surface area contributed by atoms with Crippen LogP contribution >= 0.6 is 0 Å². The second-order valence-electron chi connectivity index (χ2n) is 5.28. The molecule has 0 aromatic carbocycles. The molecule has 0 amide bonds. The highest BCUT2D eigenvalue weighted by Crippen LogP contribution is 2.35. The van der Waals surface area contributed by atoms with Crippen molar-refractivity contribution in [1.82, 2.24) is 10.3 Å². The summed E-state index contributed by atoms with van der Waals surface area (Å²) in [5.41, 5.74) is 4.42. The fourth-order valence-electron chi connectivity index (χ4n) is 3.14. The van der Waals surface area contributed by atoms with Gasteiger partial charge in [-0.3, -0.25) is 0 Å². The Labute approximate surface area is 105 Å². The van der Waals surface area contributed by atoms with Crippen LogP contribution in [0.15, 0.2) is 9.05 Å². The van der Waals surface area contributed by atoms with Crippen LogP contribution in [0, 0.1) is 0 Å². The number of rotatable bonds is 1. The highest BCUT2D eigenvalue weighted by molar-refractivity contribution is 5.64. The molecular weight excluding hydrogens is 228 g/mol. The minimum Gasteiger partial charge on any atom is -0.360 e. The number of nitrogens with zero attached hydrogens (tertiary/aromatic N) is 2. The van der Waals surface area contributed by atoms with Crippen LogP contribution in [0.5, 0.6) is 0 Å². The second-order valence-corrected chi connectivity index (χ2v) is 5.28. The monoisotopic (exact) mass is 244 g/mol. The zero-order chi connectivity index (χ0) is 11.9. The van der Waals surface area contributed by atoms with Gasteiger partial charge in [-0.2, -0.15) is 0 Å². The lowest BCUT2D eigenvalue weighted by Gasteiger charge is -2.10. The van der Waals surface area contributed by atoms with E-state index >= 15 is 0 Å². The van der Waals surface area contributed by atoms with E-state index in [9.17, 15) is 0 Å². The van der Waals surface area contributed by atoms with Crippen LogP contribution in [0.1, 0.15) is 48.3 Å². The van der Waals surface area contributed by atoms with Crippen molar-refractivity contribution in [3.8, 4) is 11.4 Å². The van der Waals surface area contributed by atoms with Gasteiger partial charge in [0.15, 0.2) is 0 Å². The molecule has 0 spiro atoms. The lowest BCUT2D eigenvalue weighted by Crippen LogP contribution is -2.03. The molecule has 2 aromatic rings. The van der Waals surface area contributed by atoms with E-state index in [1.165, 1.54) is 36.8 Å². The van der Waals surface area contributed by atoms with Crippen molar-refractivity contribution in [2.75, 3.05) is 0 Å². The Hall–Kier alpha value is -1.58. The van der Waals surface area contributed by atoms with Crippen molar-refractivity contribution in [2.45, 2.75) is 51.4 Å². The minimum absolute atomic E-state index is 0.941. The van der Waals surface area contributed by atoms with Crippen molar-refractivity contribution >= 4 is 0 Å². The van der Waals surface area contributed by atoms with Crippen LogP contribution in [0.4, 0.5) is 0 Å². The van der Waals surface area contributed by atoms with Gasteiger partial charge in [0, 0.05) is 24.0 Å². The third-order valence-electron chi connectivity index (χ3n) is 4.12. The number of fused-ring (bicyclic) bond motifs is 2. The summed E-state index contributed by atoms with van der Waals surface area (Å²) in [7, 11) is 0. The van der Waals surface area contributed by atoms with Gasteiger partial charge in [0.25, 0.3) is 0 Å². The minimum atomic E-state index is 0.941. The maximum atomic E-state index is 5.47. The average molecular weight is 244 g/mol. The number of aryl methyl sites for hydroxylation is 2. The first-order valence-corrected chi connectivity index (χ1v) is 6.88. The van der Waals surface area contributed by atoms with E-state index in [1.54, 1.807) is 0 Å². The molecule has 0 atom stereocenters. The predicted octanol–water partition coefficient (Wildman–Crippen LogP) is 3.09. The van der Waals surface area contributed by atoms with E-state index in [-0.39, 0.29) is 0 Å². The van der Waals surface area contributed by atoms with Gasteiger partial charge in [-0.1, -0.05) is 10.3 Å². The van der Waals surface area contributed by atoms with Crippen molar-refractivity contribution in [3.05, 3.63) is 22.6 Å². The summed E-state index contributed by atoms with van der Waals surface area (Å²) in [4.78, 5) is 0. The topological polar surface area (TPSA) is 52.1 Å². The molecule has 2 aliphatic carbocycles. The van der Waals surface area contributed by atoms with E-state index in [0.29, 0.717) is 0 Å². The Morgan fingerprint density at radius 3 is 1.56 bits per heavy atom. The first-order chi connectivity index (χ1) is 8.93. The fraction of sp³-hybridized carbons (Fsp3) is 0.571. The van der Waals surface area contributed by atoms with Crippen molar-refractivity contribution < 1.29 is 9.05 Å². The SMILES string of the molecule is C1CCc2c(-c3noc4c3CCCC4)noc2C1. The van der Waals surface area contributed by atoms with Crippen LogP contribution in [0.3, 0.4) is 0 Å². The molecular formula is C14H16N2O2. The molecule has 0 unspecified atom stereocenters. The molecule has 0 N–H and O–H groups in total. The molecule has 94 valence electrons. The lowest BCUT2D eigenvalue weighted by molar-refractivity contribution is 0.368. The summed E-state index contributed by atoms with van der Waals surface area (Å²) < 4.78 is 10.9. The van der Waals surface area contributed by atoms with Crippen molar-refractivity contribution in [3.63, 3.8) is 0 Å². The Bertz CT molecular complexity index is 530. The molecule has 0 fully saturated rings. The number of hydrogen-bond donors (Lipinski definition) is 0. The molecule has 0 radical (unpaired) electrons. The van der Waals surface area contributed by atoms with Gasteiger partial charge in [-0.05, 0) is 38.5 Å². The standard InChI is InChI=1S/C14H16N2O2/c1-3-7-11-9(5-1)13(15-17-11)14-10-6-2-4-8-12(10)18-16-14/h1-8H2. The summed E-state index contributed by atoms with van der Waals surface area (Å²) >= 11 is 0. The smallest absolute Gasteiger partial charge is 0.140 e. The first-order valence-electron chi connectivity index (χ1n) is 6.88. The maximum absolute atomic E-state index is 5.47. The molecule has 0 saturated heterocycles. The molecule has 18 heavy (non-hydrogen) atoms. The van der Waals surface area contributed by atoms with E-state index in [2.05, 4.69) is 10.3 Å². The molecule has 4 rings (SSSR count). The third-order valence-corrected chi connectivity index (χ3v) is 4.12. The Morgan fingerprint density at radius 1 is 0.611 bits per heavy atom. The molecule has 2 aromatic heterocycles. The fourth-order valence-corrected chi connectivity index (χ4v) is 3.14. The molecule has 0 bridgehead atoms. The van der Waals surface area contributed by atoms with Gasteiger partial charge in [-0.25, -0.2) is 0 Å². The third kappa shape index (κ3) is 1.44. The predicted molar refractivity (Wildman–Crippen MR) is 65.3 cm³/mol. The van der Waals surface area contributed by atoms with Crippen LogP contribution in [0.2, 0.25) is 0 Å². The van der Waals surface area contributed by atoms with Gasteiger partial charge in [0.05, 0.1) is 0 Å². The molecule has 2 aliphatic rings. The normalized spacial score (nSPS) is 18.4. The van der Waals surface area contributed by atoms with Crippen LogP contribution in [0.25, 0.3) is 11.4 Å². The van der Waals surface area contributed by atoms with Crippen molar-refractivity contribution in [1.29, 1.82) is 0 Å². The van der Waals surface area contributed by atoms with E-state index in [1.807, 2.05) is 0 Å². The summed E-state index contributed by atoms with van der Waals surface area (Å²) in [5, 5.41) is 8.50. The van der Waals surface area contributed by atoms with Crippen molar-refractivity contribution in [2.24, 2.45) is 0 Å². The summed E-state index contributed by atoms with van der Waals surface area (Å²) in [6, 6.07) is 0. The molecule has 2 heterocycles. The van der Waals surface area contributed by atoms with Gasteiger partial charge in [-0.15, -0.1) is 0 Å². The zero-order valence-corrected chi connectivity index (χ0v) is 10.4. The first kappa shape index (κ1) is 10.4. The van der Waals surface area contributed by atoms with Crippen LogP contribution in [-0.4, -0.2) is 10.3 Å². The van der Waals surface area contributed by atoms with E-state index in [4.69, 9.17) is 9.05 Å². The highest BCUT2D eigenvalue weighted by Gasteiger charge is 2.27. The zero-order valence-electron chi connectivity index (χ0n) is 10.4. The summed E-state index contributed by atoms with van der Waals surface area (Å²) in [6.07, 6.45) is 9.02. The largest absolute Gasteiger partial charge is 0.360 e. The Balaban J connectivity index is 1.83. The molecule has 0 saturated carbocycles. The molecule has 4 heteroatoms. The quantitative estimate of drug-likeness (QED) is 0.773. The molecule has 4 nitrogen and oxygen atoms in total. The lowest BCUT2D eigenvalue weighted by atomic mass is 9.91. The van der Waals surface area contributed by atoms with E-state index in [0.717, 1.165) is 48.6 Å². The van der Waals surface area contributed by atoms with Gasteiger partial charge >= 0.3 is 0 Å². The second kappa shape index (κ2) is 3.97. The number of hydrogen-bond acceptors (Lipinski definition) is 4. The van der Waals surface area contributed by atoms with Gasteiger partial charge in [0.2, 0.25) is 0 Å². The average Bonchev–Trinajstić information content (AvgIpc) is 3.01. The molecule has 0 aliphatic heterocycles. The van der Waals surface area contributed by atoms with E-state index < -0.39 is 0 Å². The summed E-state index contributed by atoms with van der Waals surface area (Å²) in [6.45, 7) is 0. The van der Waals surface area contributed by atoms with Crippen LogP contribution < -0.4 is 0 Å².